The first-order valence-corrected chi connectivity index (χ1v) is 7.79. The molecule has 2 heterocycles. The maximum Gasteiger partial charge on any atom is 0.249 e. The second kappa shape index (κ2) is 6.46. The summed E-state index contributed by atoms with van der Waals surface area (Å²) in [7, 11) is 0. The van der Waals surface area contributed by atoms with Crippen LogP contribution in [0.25, 0.3) is 11.3 Å². The Morgan fingerprint density at radius 3 is 2.68 bits per heavy atom. The Morgan fingerprint density at radius 1 is 1.27 bits per heavy atom. The van der Waals surface area contributed by atoms with E-state index in [0.29, 0.717) is 21.8 Å². The first kappa shape index (κ1) is 15.0. The van der Waals surface area contributed by atoms with Gasteiger partial charge in [-0.25, -0.2) is 0 Å². The van der Waals surface area contributed by atoms with E-state index in [9.17, 15) is 4.79 Å². The van der Waals surface area contributed by atoms with E-state index in [4.69, 9.17) is 17.3 Å². The fourth-order valence-corrected chi connectivity index (χ4v) is 3.16. The van der Waals surface area contributed by atoms with Crippen molar-refractivity contribution < 1.29 is 4.79 Å². The van der Waals surface area contributed by atoms with Gasteiger partial charge in [0.25, 0.3) is 0 Å². The predicted octanol–water partition coefficient (Wildman–Crippen LogP) is 3.10. The standard InChI is InChI=1S/C17H18ClN3O/c18-15-9-12(11-21-7-3-4-8-21)10-20-16(15)13-5-1-2-6-14(13)17(19)22/h1-2,5-6,9-10H,3-4,7-8,11H2,(H2,19,22). The summed E-state index contributed by atoms with van der Waals surface area (Å²) in [5.74, 6) is -0.477. The van der Waals surface area contributed by atoms with Crippen LogP contribution in [0.2, 0.25) is 5.02 Å². The number of likely N-dealkylation sites (tertiary alicyclic amines) is 1. The fourth-order valence-electron chi connectivity index (χ4n) is 2.87. The van der Waals surface area contributed by atoms with Gasteiger partial charge in [-0.3, -0.25) is 14.7 Å². The van der Waals surface area contributed by atoms with Crippen molar-refractivity contribution in [2.45, 2.75) is 19.4 Å². The molecule has 2 aromatic rings. The molecule has 0 radical (unpaired) electrons. The van der Waals surface area contributed by atoms with E-state index >= 15 is 0 Å². The lowest BCUT2D eigenvalue weighted by Crippen LogP contribution is -2.18. The molecular formula is C17H18ClN3O. The highest BCUT2D eigenvalue weighted by Crippen LogP contribution is 2.29. The number of halogens is 1. The molecule has 0 spiro atoms. The Labute approximate surface area is 134 Å². The van der Waals surface area contributed by atoms with Crippen LogP contribution in [0.1, 0.15) is 28.8 Å². The molecule has 1 aliphatic rings. The number of primary amides is 1. The van der Waals surface area contributed by atoms with E-state index in [1.54, 1.807) is 12.1 Å². The lowest BCUT2D eigenvalue weighted by Gasteiger charge is -2.15. The zero-order valence-electron chi connectivity index (χ0n) is 12.3. The number of aromatic nitrogens is 1. The molecule has 3 rings (SSSR count). The number of rotatable bonds is 4. The smallest absolute Gasteiger partial charge is 0.249 e. The molecular weight excluding hydrogens is 298 g/mol. The minimum Gasteiger partial charge on any atom is -0.366 e. The SMILES string of the molecule is NC(=O)c1ccccc1-c1ncc(CN2CCCC2)cc1Cl. The maximum absolute atomic E-state index is 11.5. The van der Waals surface area contributed by atoms with Gasteiger partial charge in [0.05, 0.1) is 10.7 Å². The number of hydrogen-bond acceptors (Lipinski definition) is 3. The van der Waals surface area contributed by atoms with Crippen molar-refractivity contribution in [3.63, 3.8) is 0 Å². The van der Waals surface area contributed by atoms with Crippen LogP contribution in [0.3, 0.4) is 0 Å². The van der Waals surface area contributed by atoms with Crippen LogP contribution in [-0.2, 0) is 6.54 Å². The number of nitrogens with two attached hydrogens (primary N) is 1. The zero-order chi connectivity index (χ0) is 15.5. The molecule has 114 valence electrons. The third kappa shape index (κ3) is 3.13. The highest BCUT2D eigenvalue weighted by Gasteiger charge is 2.16. The molecule has 1 aliphatic heterocycles. The number of nitrogens with zero attached hydrogens (tertiary/aromatic N) is 2. The first-order chi connectivity index (χ1) is 10.6. The fraction of sp³-hybridized carbons (Fsp3) is 0.294. The third-order valence-electron chi connectivity index (χ3n) is 3.95. The summed E-state index contributed by atoms with van der Waals surface area (Å²) in [6, 6.07) is 9.05. The number of carbonyl (C=O) groups is 1. The summed E-state index contributed by atoms with van der Waals surface area (Å²) < 4.78 is 0. The monoisotopic (exact) mass is 315 g/mol. The minimum atomic E-state index is -0.477. The molecule has 1 aromatic carbocycles. The zero-order valence-corrected chi connectivity index (χ0v) is 13.0. The molecule has 1 saturated heterocycles. The third-order valence-corrected chi connectivity index (χ3v) is 4.24. The molecule has 0 atom stereocenters. The van der Waals surface area contributed by atoms with Crippen LogP contribution in [-0.4, -0.2) is 28.9 Å². The lowest BCUT2D eigenvalue weighted by molar-refractivity contribution is 0.100. The van der Waals surface area contributed by atoms with Gasteiger partial charge in [0.2, 0.25) is 5.91 Å². The molecule has 5 heteroatoms. The maximum atomic E-state index is 11.5. The highest BCUT2D eigenvalue weighted by molar-refractivity contribution is 6.33. The van der Waals surface area contributed by atoms with Gasteiger partial charge in [-0.2, -0.15) is 0 Å². The molecule has 1 fully saturated rings. The van der Waals surface area contributed by atoms with Gasteiger partial charge in [0.15, 0.2) is 0 Å². The van der Waals surface area contributed by atoms with E-state index in [1.807, 2.05) is 24.4 Å². The molecule has 0 unspecified atom stereocenters. The van der Waals surface area contributed by atoms with Crippen LogP contribution < -0.4 is 5.73 Å². The quantitative estimate of drug-likeness (QED) is 0.943. The Morgan fingerprint density at radius 2 is 2.00 bits per heavy atom. The van der Waals surface area contributed by atoms with Crippen molar-refractivity contribution in [2.24, 2.45) is 5.73 Å². The molecule has 0 bridgehead atoms. The molecule has 0 saturated carbocycles. The number of pyridine rings is 1. The largest absolute Gasteiger partial charge is 0.366 e. The van der Waals surface area contributed by atoms with Crippen LogP contribution in [0.5, 0.6) is 0 Å². The van der Waals surface area contributed by atoms with Crippen molar-refractivity contribution in [3.8, 4) is 11.3 Å². The van der Waals surface area contributed by atoms with Crippen LogP contribution in [0.15, 0.2) is 36.5 Å². The van der Waals surface area contributed by atoms with E-state index < -0.39 is 5.91 Å². The van der Waals surface area contributed by atoms with Crippen molar-refractivity contribution in [1.82, 2.24) is 9.88 Å². The topological polar surface area (TPSA) is 59.2 Å². The molecule has 0 aliphatic carbocycles. The van der Waals surface area contributed by atoms with Crippen molar-refractivity contribution >= 4 is 17.5 Å². The van der Waals surface area contributed by atoms with Crippen LogP contribution in [0, 0.1) is 0 Å². The van der Waals surface area contributed by atoms with Crippen LogP contribution >= 0.6 is 11.6 Å². The predicted molar refractivity (Wildman–Crippen MR) is 87.7 cm³/mol. The van der Waals surface area contributed by atoms with E-state index in [2.05, 4.69) is 9.88 Å². The summed E-state index contributed by atoms with van der Waals surface area (Å²) in [5.41, 5.74) is 8.22. The Bertz CT molecular complexity index is 696. The first-order valence-electron chi connectivity index (χ1n) is 7.41. The number of carbonyl (C=O) groups excluding carboxylic acids is 1. The van der Waals surface area contributed by atoms with Gasteiger partial charge in [0.1, 0.15) is 0 Å². The average molecular weight is 316 g/mol. The van der Waals surface area contributed by atoms with Crippen LogP contribution in [0.4, 0.5) is 0 Å². The molecule has 1 aromatic heterocycles. The Kier molecular flexibility index (Phi) is 4.41. The summed E-state index contributed by atoms with van der Waals surface area (Å²) in [4.78, 5) is 18.4. The Balaban J connectivity index is 1.90. The average Bonchev–Trinajstić information content (AvgIpc) is 3.00. The van der Waals surface area contributed by atoms with E-state index in [-0.39, 0.29) is 0 Å². The normalized spacial score (nSPS) is 15.1. The van der Waals surface area contributed by atoms with Gasteiger partial charge >= 0.3 is 0 Å². The highest BCUT2D eigenvalue weighted by atomic mass is 35.5. The van der Waals surface area contributed by atoms with Crippen molar-refractivity contribution in [3.05, 3.63) is 52.7 Å². The molecule has 22 heavy (non-hydrogen) atoms. The van der Waals surface area contributed by atoms with Gasteiger partial charge < -0.3 is 5.73 Å². The number of benzene rings is 1. The van der Waals surface area contributed by atoms with Gasteiger partial charge in [-0.05, 0) is 43.6 Å². The second-order valence-corrected chi connectivity index (χ2v) is 5.97. The van der Waals surface area contributed by atoms with E-state index in [1.165, 1.54) is 12.8 Å². The van der Waals surface area contributed by atoms with Gasteiger partial charge in [0, 0.05) is 23.9 Å². The summed E-state index contributed by atoms with van der Waals surface area (Å²) >= 11 is 6.39. The molecule has 1 amide bonds. The number of amides is 1. The number of hydrogen-bond donors (Lipinski definition) is 1. The van der Waals surface area contributed by atoms with Gasteiger partial charge in [-0.15, -0.1) is 0 Å². The van der Waals surface area contributed by atoms with Crippen molar-refractivity contribution in [1.29, 1.82) is 0 Å². The molecule has 2 N–H and O–H groups in total. The second-order valence-electron chi connectivity index (χ2n) is 5.57. The summed E-state index contributed by atoms with van der Waals surface area (Å²) in [6.07, 6.45) is 4.34. The Hall–Kier alpha value is -1.91. The van der Waals surface area contributed by atoms with Gasteiger partial charge in [-0.1, -0.05) is 29.8 Å². The lowest BCUT2D eigenvalue weighted by atomic mass is 10.0. The molecule has 4 nitrogen and oxygen atoms in total. The van der Waals surface area contributed by atoms with Crippen molar-refractivity contribution in [2.75, 3.05) is 13.1 Å². The summed E-state index contributed by atoms with van der Waals surface area (Å²) in [6.45, 7) is 3.12. The van der Waals surface area contributed by atoms with E-state index in [0.717, 1.165) is 25.2 Å². The minimum absolute atomic E-state index is 0.434. The summed E-state index contributed by atoms with van der Waals surface area (Å²) in [5, 5.41) is 0.547.